The Balaban J connectivity index is 1.79. The molecule has 17 heavy (non-hydrogen) atoms. The van der Waals surface area contributed by atoms with Gasteiger partial charge in [0.15, 0.2) is 0 Å². The molecular weight excluding hydrogens is 214 g/mol. The zero-order valence-electron chi connectivity index (χ0n) is 10.6. The van der Waals surface area contributed by atoms with Crippen molar-refractivity contribution in [1.82, 2.24) is 4.90 Å². The molecule has 0 aromatic rings. The zero-order valence-corrected chi connectivity index (χ0v) is 10.6. The largest absolute Gasteiger partial charge is 0.481 e. The van der Waals surface area contributed by atoms with Crippen molar-refractivity contribution < 1.29 is 9.90 Å². The fraction of sp³-hybridized carbons (Fsp3) is 0.929. The molecule has 2 aliphatic heterocycles. The van der Waals surface area contributed by atoms with Crippen molar-refractivity contribution in [3.05, 3.63) is 0 Å². The summed E-state index contributed by atoms with van der Waals surface area (Å²) in [6, 6.07) is 1.35. The highest BCUT2D eigenvalue weighted by molar-refractivity contribution is 5.67. The van der Waals surface area contributed by atoms with Crippen molar-refractivity contribution in [2.75, 3.05) is 7.05 Å². The first-order chi connectivity index (χ1) is 8.16. The highest BCUT2D eigenvalue weighted by atomic mass is 16.4. The summed E-state index contributed by atoms with van der Waals surface area (Å²) in [6.07, 6.45) is 8.17. The van der Waals surface area contributed by atoms with E-state index in [9.17, 15) is 4.79 Å². The summed E-state index contributed by atoms with van der Waals surface area (Å²) in [4.78, 5) is 13.6. The van der Waals surface area contributed by atoms with Crippen LogP contribution in [0.25, 0.3) is 0 Å². The van der Waals surface area contributed by atoms with E-state index in [-0.39, 0.29) is 0 Å². The molecule has 1 saturated carbocycles. The molecule has 4 unspecified atom stereocenters. The van der Waals surface area contributed by atoms with Gasteiger partial charge in [-0.2, -0.15) is 0 Å². The van der Waals surface area contributed by atoms with Crippen LogP contribution in [0, 0.1) is 17.8 Å². The molecule has 96 valence electrons. The Bertz CT molecular complexity index is 313. The van der Waals surface area contributed by atoms with E-state index in [4.69, 9.17) is 5.11 Å². The Morgan fingerprint density at radius 1 is 1.29 bits per heavy atom. The van der Waals surface area contributed by atoms with Crippen molar-refractivity contribution in [1.29, 1.82) is 0 Å². The number of aliphatic carboxylic acids is 1. The number of nitrogens with zero attached hydrogens (tertiary/aromatic N) is 1. The van der Waals surface area contributed by atoms with Gasteiger partial charge in [-0.25, -0.2) is 0 Å². The summed E-state index contributed by atoms with van der Waals surface area (Å²) < 4.78 is 0. The van der Waals surface area contributed by atoms with Gasteiger partial charge in [0.25, 0.3) is 0 Å². The normalized spacial score (nSPS) is 42.4. The fourth-order valence-electron chi connectivity index (χ4n) is 4.58. The number of hydrogen-bond donors (Lipinski definition) is 1. The van der Waals surface area contributed by atoms with E-state index in [1.54, 1.807) is 0 Å². The number of carbonyl (C=O) groups is 1. The van der Waals surface area contributed by atoms with Crippen LogP contribution in [0.3, 0.4) is 0 Å². The van der Waals surface area contributed by atoms with E-state index in [1.165, 1.54) is 32.1 Å². The van der Waals surface area contributed by atoms with Crippen molar-refractivity contribution in [2.45, 2.75) is 57.0 Å². The van der Waals surface area contributed by atoms with Gasteiger partial charge in [-0.1, -0.05) is 19.3 Å². The Labute approximate surface area is 103 Å². The third-order valence-corrected chi connectivity index (χ3v) is 5.59. The number of hydrogen-bond acceptors (Lipinski definition) is 2. The smallest absolute Gasteiger partial charge is 0.303 e. The second-order valence-electron chi connectivity index (χ2n) is 6.33. The summed E-state index contributed by atoms with van der Waals surface area (Å²) in [5.74, 6) is 1.35. The Morgan fingerprint density at radius 2 is 2.06 bits per heavy atom. The van der Waals surface area contributed by atoms with Crippen molar-refractivity contribution in [3.63, 3.8) is 0 Å². The maximum absolute atomic E-state index is 11.0. The lowest BCUT2D eigenvalue weighted by Gasteiger charge is -2.48. The van der Waals surface area contributed by atoms with Gasteiger partial charge in [0.05, 0.1) is 0 Å². The molecule has 2 saturated heterocycles. The number of fused-ring (bicyclic) bond motifs is 2. The van der Waals surface area contributed by atoms with Crippen LogP contribution in [0.15, 0.2) is 0 Å². The van der Waals surface area contributed by atoms with Gasteiger partial charge >= 0.3 is 5.97 Å². The summed E-state index contributed by atoms with van der Waals surface area (Å²) in [5, 5.41) is 9.10. The van der Waals surface area contributed by atoms with E-state index in [0.29, 0.717) is 30.3 Å². The molecule has 0 spiro atoms. The minimum Gasteiger partial charge on any atom is -0.481 e. The molecule has 2 bridgehead atoms. The van der Waals surface area contributed by atoms with Crippen molar-refractivity contribution in [3.8, 4) is 0 Å². The second kappa shape index (κ2) is 4.27. The van der Waals surface area contributed by atoms with Crippen LogP contribution in [0.4, 0.5) is 0 Å². The van der Waals surface area contributed by atoms with Gasteiger partial charge in [-0.3, -0.25) is 4.79 Å². The number of rotatable bonds is 3. The van der Waals surface area contributed by atoms with Crippen molar-refractivity contribution >= 4 is 5.97 Å². The van der Waals surface area contributed by atoms with Crippen LogP contribution in [-0.2, 0) is 4.79 Å². The second-order valence-corrected chi connectivity index (χ2v) is 6.33. The molecule has 3 fully saturated rings. The van der Waals surface area contributed by atoms with E-state index >= 15 is 0 Å². The third kappa shape index (κ3) is 1.88. The molecule has 3 nitrogen and oxygen atoms in total. The van der Waals surface area contributed by atoms with E-state index < -0.39 is 5.97 Å². The molecule has 1 N–H and O–H groups in total. The van der Waals surface area contributed by atoms with Crippen LogP contribution in [0.1, 0.15) is 44.9 Å². The van der Waals surface area contributed by atoms with E-state index in [1.807, 2.05) is 0 Å². The maximum Gasteiger partial charge on any atom is 0.303 e. The van der Waals surface area contributed by atoms with Crippen LogP contribution < -0.4 is 0 Å². The van der Waals surface area contributed by atoms with Gasteiger partial charge in [0.1, 0.15) is 0 Å². The number of carboxylic acid groups (broad SMARTS) is 1. The average molecular weight is 237 g/mol. The molecule has 3 rings (SSSR count). The molecule has 0 amide bonds. The minimum absolute atomic E-state index is 0.405. The molecule has 2 heterocycles. The van der Waals surface area contributed by atoms with Crippen molar-refractivity contribution in [2.24, 2.45) is 17.8 Å². The van der Waals surface area contributed by atoms with Crippen LogP contribution in [0.5, 0.6) is 0 Å². The van der Waals surface area contributed by atoms with Gasteiger partial charge < -0.3 is 10.0 Å². The molecule has 3 heteroatoms. The lowest BCUT2D eigenvalue weighted by Crippen LogP contribution is -2.50. The SMILES string of the molecule is CN1C2CCC1C(C1CCC1)C(CC(=O)O)C2. The lowest BCUT2D eigenvalue weighted by atomic mass is 9.64. The predicted octanol–water partition coefficient (Wildman–Crippen LogP) is 2.36. The Morgan fingerprint density at radius 3 is 2.65 bits per heavy atom. The molecular formula is C14H23NO2. The summed E-state index contributed by atoms with van der Waals surface area (Å²) in [7, 11) is 2.25. The highest BCUT2D eigenvalue weighted by Crippen LogP contribution is 2.50. The quantitative estimate of drug-likeness (QED) is 0.819. The summed E-state index contributed by atoms with van der Waals surface area (Å²) in [5.41, 5.74) is 0. The van der Waals surface area contributed by atoms with Crippen LogP contribution in [-0.4, -0.2) is 35.1 Å². The van der Waals surface area contributed by atoms with Crippen LogP contribution >= 0.6 is 0 Å². The maximum atomic E-state index is 11.0. The fourth-order valence-corrected chi connectivity index (χ4v) is 4.58. The summed E-state index contributed by atoms with van der Waals surface area (Å²) >= 11 is 0. The molecule has 0 aromatic heterocycles. The van der Waals surface area contributed by atoms with E-state index in [0.717, 1.165) is 12.3 Å². The lowest BCUT2D eigenvalue weighted by molar-refractivity contribution is -0.140. The number of carboxylic acids is 1. The minimum atomic E-state index is -0.594. The van der Waals surface area contributed by atoms with Gasteiger partial charge in [-0.15, -0.1) is 0 Å². The first-order valence-electron chi connectivity index (χ1n) is 7.10. The van der Waals surface area contributed by atoms with Gasteiger partial charge in [0.2, 0.25) is 0 Å². The van der Waals surface area contributed by atoms with Crippen LogP contribution in [0.2, 0.25) is 0 Å². The Hall–Kier alpha value is -0.570. The first-order valence-corrected chi connectivity index (χ1v) is 7.10. The van der Waals surface area contributed by atoms with Gasteiger partial charge in [-0.05, 0) is 44.1 Å². The third-order valence-electron chi connectivity index (χ3n) is 5.59. The molecule has 3 aliphatic rings. The topological polar surface area (TPSA) is 40.5 Å². The van der Waals surface area contributed by atoms with E-state index in [2.05, 4.69) is 11.9 Å². The standard InChI is InChI=1S/C14H23NO2/c1-15-11-5-6-12(15)14(9-3-2-4-9)10(7-11)8-13(16)17/h9-12,14H,2-8H2,1H3,(H,16,17). The molecule has 1 aliphatic carbocycles. The highest BCUT2D eigenvalue weighted by Gasteiger charge is 2.49. The first kappa shape index (κ1) is 11.5. The predicted molar refractivity (Wildman–Crippen MR) is 65.8 cm³/mol. The molecule has 0 aromatic carbocycles. The van der Waals surface area contributed by atoms with Gasteiger partial charge in [0, 0.05) is 18.5 Å². The monoisotopic (exact) mass is 237 g/mol. The molecule has 4 atom stereocenters. The average Bonchev–Trinajstić information content (AvgIpc) is 2.42. The summed E-state index contributed by atoms with van der Waals surface area (Å²) in [6.45, 7) is 0. The molecule has 0 radical (unpaired) electrons. The zero-order chi connectivity index (χ0) is 12.0. The number of piperidine rings is 1. The Kier molecular flexibility index (Phi) is 2.89.